The Morgan fingerprint density at radius 2 is 0.977 bits per heavy atom. The minimum Gasteiger partial charge on any atom is -0.481 e. The summed E-state index contributed by atoms with van der Waals surface area (Å²) in [6.07, 6.45) is 24.8. The maximum atomic E-state index is 12.9. The fourth-order valence-corrected chi connectivity index (χ4v) is 5.36. The third kappa shape index (κ3) is 28.4. The normalized spacial score (nSPS) is 12.4. The Labute approximate surface area is 263 Å². The van der Waals surface area contributed by atoms with Gasteiger partial charge in [0, 0.05) is 32.4 Å². The average molecular weight is 610 g/mol. The lowest BCUT2D eigenvalue weighted by Gasteiger charge is -2.19. The predicted octanol–water partition coefficient (Wildman–Crippen LogP) is 7.83. The van der Waals surface area contributed by atoms with Gasteiger partial charge in [0.05, 0.1) is 0 Å². The van der Waals surface area contributed by atoms with Crippen molar-refractivity contribution in [2.75, 3.05) is 13.1 Å². The first-order chi connectivity index (χ1) is 20.8. The molecule has 8 nitrogen and oxygen atoms in total. The van der Waals surface area contributed by atoms with Crippen LogP contribution < -0.4 is 16.0 Å². The molecule has 0 saturated heterocycles. The molecular weight excluding hydrogens is 542 g/mol. The molecule has 1 unspecified atom stereocenters. The molecule has 0 aliphatic carbocycles. The van der Waals surface area contributed by atoms with Crippen molar-refractivity contribution >= 4 is 23.7 Å². The molecule has 252 valence electrons. The Hall–Kier alpha value is -2.12. The summed E-state index contributed by atoms with van der Waals surface area (Å²) in [7, 11) is 0. The van der Waals surface area contributed by atoms with Gasteiger partial charge in [0.25, 0.3) is 0 Å². The van der Waals surface area contributed by atoms with Crippen LogP contribution in [-0.2, 0) is 19.2 Å². The molecule has 0 radical (unpaired) electrons. The molecule has 0 aliphatic rings. The monoisotopic (exact) mass is 610 g/mol. The van der Waals surface area contributed by atoms with E-state index in [0.29, 0.717) is 13.1 Å². The zero-order valence-corrected chi connectivity index (χ0v) is 28.1. The number of hydrogen-bond donors (Lipinski definition) is 4. The number of hydrogen-bond acceptors (Lipinski definition) is 4. The van der Waals surface area contributed by atoms with E-state index in [4.69, 9.17) is 5.11 Å². The minimum atomic E-state index is -0.954. The van der Waals surface area contributed by atoms with E-state index >= 15 is 0 Å². The van der Waals surface area contributed by atoms with Crippen molar-refractivity contribution in [3.8, 4) is 0 Å². The maximum absolute atomic E-state index is 12.9. The predicted molar refractivity (Wildman–Crippen MR) is 177 cm³/mol. The van der Waals surface area contributed by atoms with Crippen molar-refractivity contribution in [3.05, 3.63) is 0 Å². The number of carbonyl (C=O) groups excluding carboxylic acids is 3. The average Bonchev–Trinajstić information content (AvgIpc) is 2.96. The van der Waals surface area contributed by atoms with Gasteiger partial charge in [-0.05, 0) is 25.2 Å². The SMILES string of the molecule is CCCCCCCCCCCCNC(=O)CC[C@H](NC(=O)CC(C)CC(=O)O)C(=O)NCCCCCCCCCCCC. The van der Waals surface area contributed by atoms with E-state index < -0.39 is 12.0 Å². The zero-order valence-electron chi connectivity index (χ0n) is 28.1. The molecule has 0 spiro atoms. The van der Waals surface area contributed by atoms with Gasteiger partial charge in [-0.2, -0.15) is 0 Å². The Kier molecular flexibility index (Phi) is 28.5. The van der Waals surface area contributed by atoms with Crippen LogP contribution >= 0.6 is 0 Å². The lowest BCUT2D eigenvalue weighted by atomic mass is 10.0. The van der Waals surface area contributed by atoms with Gasteiger partial charge in [-0.1, -0.05) is 136 Å². The van der Waals surface area contributed by atoms with Crippen LogP contribution in [0.3, 0.4) is 0 Å². The smallest absolute Gasteiger partial charge is 0.303 e. The largest absolute Gasteiger partial charge is 0.481 e. The van der Waals surface area contributed by atoms with E-state index in [1.165, 1.54) is 96.3 Å². The van der Waals surface area contributed by atoms with E-state index in [1.54, 1.807) is 6.92 Å². The van der Waals surface area contributed by atoms with Gasteiger partial charge in [-0.3, -0.25) is 19.2 Å². The summed E-state index contributed by atoms with van der Waals surface area (Å²) in [6.45, 7) is 7.34. The van der Waals surface area contributed by atoms with E-state index in [9.17, 15) is 19.2 Å². The van der Waals surface area contributed by atoms with Crippen molar-refractivity contribution < 1.29 is 24.3 Å². The molecule has 0 fully saturated rings. The van der Waals surface area contributed by atoms with Gasteiger partial charge in [0.15, 0.2) is 0 Å². The molecule has 0 rings (SSSR count). The number of carbonyl (C=O) groups is 4. The van der Waals surface area contributed by atoms with Crippen LogP contribution in [0.15, 0.2) is 0 Å². The summed E-state index contributed by atoms with van der Waals surface area (Å²) < 4.78 is 0. The molecule has 0 aromatic heterocycles. The van der Waals surface area contributed by atoms with Crippen LogP contribution in [0, 0.1) is 5.92 Å². The second kappa shape index (κ2) is 29.9. The highest BCUT2D eigenvalue weighted by Crippen LogP contribution is 2.12. The molecule has 0 aromatic carbocycles. The number of carboxylic acid groups (broad SMARTS) is 1. The first kappa shape index (κ1) is 40.9. The Morgan fingerprint density at radius 1 is 0.558 bits per heavy atom. The van der Waals surface area contributed by atoms with Gasteiger partial charge in [0.1, 0.15) is 6.04 Å². The topological polar surface area (TPSA) is 125 Å². The molecule has 43 heavy (non-hydrogen) atoms. The second-order valence-corrected chi connectivity index (χ2v) is 12.6. The maximum Gasteiger partial charge on any atom is 0.303 e. The summed E-state index contributed by atoms with van der Waals surface area (Å²) in [5.74, 6) is -2.05. The Bertz CT molecular complexity index is 716. The standard InChI is InChI=1S/C35H67N3O5/c1-4-6-8-10-12-14-16-18-20-22-26-36-32(39)25-24-31(38-33(40)28-30(3)29-34(41)42)35(43)37-27-23-21-19-17-15-13-11-9-7-5-2/h30-31H,4-29H2,1-3H3,(H,36,39)(H,37,43)(H,38,40)(H,41,42)/t30?,31-/m0/s1. The van der Waals surface area contributed by atoms with Crippen molar-refractivity contribution in [3.63, 3.8) is 0 Å². The zero-order chi connectivity index (χ0) is 32.0. The van der Waals surface area contributed by atoms with Crippen LogP contribution in [0.2, 0.25) is 0 Å². The number of amides is 3. The van der Waals surface area contributed by atoms with Gasteiger partial charge in [0.2, 0.25) is 17.7 Å². The molecule has 0 aromatic rings. The third-order valence-corrected chi connectivity index (χ3v) is 8.05. The molecule has 2 atom stereocenters. The number of nitrogens with one attached hydrogen (secondary N) is 3. The highest BCUT2D eigenvalue weighted by atomic mass is 16.4. The molecule has 0 aliphatic heterocycles. The van der Waals surface area contributed by atoms with Crippen LogP contribution in [0.4, 0.5) is 0 Å². The van der Waals surface area contributed by atoms with Crippen molar-refractivity contribution in [1.82, 2.24) is 16.0 Å². The van der Waals surface area contributed by atoms with E-state index in [-0.39, 0.29) is 49.3 Å². The van der Waals surface area contributed by atoms with Crippen molar-refractivity contribution in [1.29, 1.82) is 0 Å². The highest BCUT2D eigenvalue weighted by Gasteiger charge is 2.23. The third-order valence-electron chi connectivity index (χ3n) is 8.05. The van der Waals surface area contributed by atoms with E-state index in [1.807, 2.05) is 0 Å². The van der Waals surface area contributed by atoms with Gasteiger partial charge in [-0.15, -0.1) is 0 Å². The number of aliphatic carboxylic acids is 1. The molecular formula is C35H67N3O5. The molecule has 0 saturated carbocycles. The first-order valence-corrected chi connectivity index (χ1v) is 17.9. The van der Waals surface area contributed by atoms with Crippen LogP contribution in [0.1, 0.15) is 175 Å². The van der Waals surface area contributed by atoms with E-state index in [0.717, 1.165) is 32.1 Å². The van der Waals surface area contributed by atoms with Crippen LogP contribution in [-0.4, -0.2) is 47.9 Å². The summed E-state index contributed by atoms with van der Waals surface area (Å²) in [6, 6.07) is -0.810. The fraction of sp³-hybridized carbons (Fsp3) is 0.886. The highest BCUT2D eigenvalue weighted by molar-refractivity contribution is 5.88. The van der Waals surface area contributed by atoms with E-state index in [2.05, 4.69) is 29.8 Å². The number of unbranched alkanes of at least 4 members (excludes halogenated alkanes) is 18. The summed E-state index contributed by atoms with van der Waals surface area (Å²) in [5, 5.41) is 17.6. The summed E-state index contributed by atoms with van der Waals surface area (Å²) in [5.41, 5.74) is 0. The molecule has 0 bridgehead atoms. The number of carboxylic acids is 1. The lowest BCUT2D eigenvalue weighted by molar-refractivity contribution is -0.138. The van der Waals surface area contributed by atoms with Crippen LogP contribution in [0.25, 0.3) is 0 Å². The first-order valence-electron chi connectivity index (χ1n) is 17.9. The van der Waals surface area contributed by atoms with Gasteiger partial charge >= 0.3 is 5.97 Å². The minimum absolute atomic E-state index is 0.0272. The fourth-order valence-electron chi connectivity index (χ4n) is 5.36. The molecule has 3 amide bonds. The molecule has 0 heterocycles. The Morgan fingerprint density at radius 3 is 1.42 bits per heavy atom. The summed E-state index contributed by atoms with van der Waals surface area (Å²) >= 11 is 0. The molecule has 4 N–H and O–H groups in total. The van der Waals surface area contributed by atoms with Crippen LogP contribution in [0.5, 0.6) is 0 Å². The Balaban J connectivity index is 4.36. The summed E-state index contributed by atoms with van der Waals surface area (Å²) in [4.78, 5) is 48.9. The number of rotatable bonds is 31. The van der Waals surface area contributed by atoms with Crippen molar-refractivity contribution in [2.45, 2.75) is 181 Å². The van der Waals surface area contributed by atoms with Crippen molar-refractivity contribution in [2.24, 2.45) is 5.92 Å². The van der Waals surface area contributed by atoms with Gasteiger partial charge in [-0.25, -0.2) is 0 Å². The second-order valence-electron chi connectivity index (χ2n) is 12.6. The van der Waals surface area contributed by atoms with Gasteiger partial charge < -0.3 is 21.1 Å². The lowest BCUT2D eigenvalue weighted by Crippen LogP contribution is -2.47. The molecule has 8 heteroatoms. The quantitative estimate of drug-likeness (QED) is 0.0596.